The fourth-order valence-electron chi connectivity index (χ4n) is 3.58. The molecule has 1 heterocycles. The molecule has 23 heavy (non-hydrogen) atoms. The minimum atomic E-state index is -0.554. The van der Waals surface area contributed by atoms with Crippen molar-refractivity contribution >= 4 is 17.5 Å². The molecular formula is C19H26ClNO2. The lowest BCUT2D eigenvalue weighted by atomic mass is 9.84. The number of amides is 1. The van der Waals surface area contributed by atoms with Gasteiger partial charge < -0.3 is 10.0 Å². The number of halogens is 1. The van der Waals surface area contributed by atoms with E-state index in [1.165, 1.54) is 0 Å². The molecule has 0 saturated carbocycles. The average molecular weight is 336 g/mol. The molecule has 4 heteroatoms. The molecule has 0 radical (unpaired) electrons. The zero-order valence-corrected chi connectivity index (χ0v) is 14.7. The van der Waals surface area contributed by atoms with Gasteiger partial charge in [0, 0.05) is 10.9 Å². The number of likely N-dealkylation sites (tertiary alicyclic amines) is 1. The van der Waals surface area contributed by atoms with Gasteiger partial charge in [-0.05, 0) is 50.3 Å². The minimum Gasteiger partial charge on any atom is -0.391 e. The Bertz CT molecular complexity index is 541. The number of rotatable bonds is 6. The highest BCUT2D eigenvalue weighted by Gasteiger charge is 2.40. The summed E-state index contributed by atoms with van der Waals surface area (Å²) in [5, 5.41) is 10.9. The molecule has 0 aliphatic carbocycles. The van der Waals surface area contributed by atoms with Gasteiger partial charge in [-0.15, -0.1) is 6.58 Å². The Hall–Kier alpha value is -1.32. The van der Waals surface area contributed by atoms with E-state index in [4.69, 9.17) is 11.6 Å². The van der Waals surface area contributed by atoms with Crippen LogP contribution in [0.4, 0.5) is 0 Å². The number of benzene rings is 1. The molecule has 1 aliphatic heterocycles. The van der Waals surface area contributed by atoms with E-state index in [0.29, 0.717) is 11.4 Å². The largest absolute Gasteiger partial charge is 0.391 e. The first kappa shape index (κ1) is 18.0. The molecule has 4 unspecified atom stereocenters. The molecule has 3 nitrogen and oxygen atoms in total. The van der Waals surface area contributed by atoms with E-state index < -0.39 is 6.10 Å². The Morgan fingerprint density at radius 2 is 2.04 bits per heavy atom. The van der Waals surface area contributed by atoms with Gasteiger partial charge in [-0.25, -0.2) is 0 Å². The Kier molecular flexibility index (Phi) is 6.25. The molecule has 1 aromatic carbocycles. The van der Waals surface area contributed by atoms with E-state index in [1.807, 2.05) is 42.2 Å². The highest BCUT2D eigenvalue weighted by atomic mass is 35.5. The van der Waals surface area contributed by atoms with Crippen LogP contribution in [0.3, 0.4) is 0 Å². The summed E-state index contributed by atoms with van der Waals surface area (Å²) in [6, 6.07) is 7.51. The van der Waals surface area contributed by atoms with Gasteiger partial charge in [-0.1, -0.05) is 36.7 Å². The number of aliphatic hydroxyl groups is 1. The van der Waals surface area contributed by atoms with Crippen molar-refractivity contribution < 1.29 is 9.90 Å². The number of hydrogen-bond acceptors (Lipinski definition) is 2. The van der Waals surface area contributed by atoms with Crippen LogP contribution in [0.1, 0.15) is 51.1 Å². The van der Waals surface area contributed by atoms with E-state index >= 15 is 0 Å². The predicted molar refractivity (Wildman–Crippen MR) is 94.3 cm³/mol. The second-order valence-electron chi connectivity index (χ2n) is 6.33. The van der Waals surface area contributed by atoms with Crippen molar-refractivity contribution in [1.82, 2.24) is 4.90 Å². The summed E-state index contributed by atoms with van der Waals surface area (Å²) in [6.45, 7) is 7.54. The number of piperidine rings is 1. The van der Waals surface area contributed by atoms with Crippen molar-refractivity contribution in [3.63, 3.8) is 0 Å². The van der Waals surface area contributed by atoms with Gasteiger partial charge in [0.05, 0.1) is 18.2 Å². The summed E-state index contributed by atoms with van der Waals surface area (Å²) in [5.41, 5.74) is 1.08. The first-order valence-corrected chi connectivity index (χ1v) is 8.74. The maximum atomic E-state index is 13.0. The number of carbonyl (C=O) groups is 1. The lowest BCUT2D eigenvalue weighted by Gasteiger charge is -2.45. The van der Waals surface area contributed by atoms with Crippen molar-refractivity contribution in [3.05, 3.63) is 47.5 Å². The summed E-state index contributed by atoms with van der Waals surface area (Å²) in [7, 11) is 0. The Morgan fingerprint density at radius 1 is 1.39 bits per heavy atom. The summed E-state index contributed by atoms with van der Waals surface area (Å²) < 4.78 is 0. The van der Waals surface area contributed by atoms with Crippen molar-refractivity contribution in [2.75, 3.05) is 0 Å². The highest BCUT2D eigenvalue weighted by Crippen LogP contribution is 2.38. The molecule has 1 N–H and O–H groups in total. The van der Waals surface area contributed by atoms with Crippen LogP contribution in [0, 0.1) is 5.92 Å². The molecular weight excluding hydrogens is 310 g/mol. The molecule has 0 aromatic heterocycles. The number of hydrogen-bond donors (Lipinski definition) is 1. The number of nitrogens with zero attached hydrogens (tertiary/aromatic N) is 1. The summed E-state index contributed by atoms with van der Waals surface area (Å²) >= 11 is 5.99. The molecule has 0 spiro atoms. The monoisotopic (exact) mass is 335 g/mol. The van der Waals surface area contributed by atoms with Crippen LogP contribution in [-0.4, -0.2) is 28.1 Å². The van der Waals surface area contributed by atoms with Gasteiger partial charge in [0.25, 0.3) is 0 Å². The van der Waals surface area contributed by atoms with Crippen molar-refractivity contribution in [2.45, 2.75) is 57.7 Å². The van der Waals surface area contributed by atoms with Gasteiger partial charge in [0.15, 0.2) is 0 Å². The van der Waals surface area contributed by atoms with Crippen molar-refractivity contribution in [1.29, 1.82) is 0 Å². The summed E-state index contributed by atoms with van der Waals surface area (Å²) in [6.07, 6.45) is 4.43. The second kappa shape index (κ2) is 7.98. The van der Waals surface area contributed by atoms with E-state index in [0.717, 1.165) is 24.8 Å². The first-order valence-electron chi connectivity index (χ1n) is 8.36. The molecule has 1 saturated heterocycles. The molecule has 126 valence electrons. The zero-order valence-electron chi connectivity index (χ0n) is 13.9. The van der Waals surface area contributed by atoms with Crippen LogP contribution in [0.15, 0.2) is 36.9 Å². The van der Waals surface area contributed by atoms with Gasteiger partial charge >= 0.3 is 0 Å². The lowest BCUT2D eigenvalue weighted by Crippen LogP contribution is -2.52. The van der Waals surface area contributed by atoms with Crippen molar-refractivity contribution in [3.8, 4) is 0 Å². The number of allylic oxidation sites excluding steroid dienone is 1. The number of aliphatic hydroxyl groups excluding tert-OH is 1. The summed E-state index contributed by atoms with van der Waals surface area (Å²) in [5.74, 6) is 0.104. The highest BCUT2D eigenvalue weighted by molar-refractivity contribution is 6.30. The minimum absolute atomic E-state index is 0.000354. The molecule has 1 fully saturated rings. The topological polar surface area (TPSA) is 40.5 Å². The summed E-state index contributed by atoms with van der Waals surface area (Å²) in [4.78, 5) is 14.9. The number of carbonyl (C=O) groups excluding carboxylic acids is 1. The maximum Gasteiger partial charge on any atom is 0.226 e. The Morgan fingerprint density at radius 3 is 2.57 bits per heavy atom. The van der Waals surface area contributed by atoms with E-state index in [9.17, 15) is 9.90 Å². The van der Waals surface area contributed by atoms with Crippen LogP contribution in [0.25, 0.3) is 0 Å². The fraction of sp³-hybridized carbons (Fsp3) is 0.526. The van der Waals surface area contributed by atoms with Crippen molar-refractivity contribution in [2.24, 2.45) is 5.92 Å². The third kappa shape index (κ3) is 3.96. The lowest BCUT2D eigenvalue weighted by molar-refractivity contribution is -0.148. The normalized spacial score (nSPS) is 24.3. The van der Waals surface area contributed by atoms with Crippen LogP contribution in [0.5, 0.6) is 0 Å². The Balaban J connectivity index is 2.36. The van der Waals surface area contributed by atoms with E-state index in [-0.39, 0.29) is 23.9 Å². The fourth-order valence-corrected chi connectivity index (χ4v) is 3.71. The Labute approximate surface area is 143 Å². The van der Waals surface area contributed by atoms with Gasteiger partial charge in [-0.3, -0.25) is 4.79 Å². The van der Waals surface area contributed by atoms with E-state index in [1.54, 1.807) is 6.92 Å². The van der Waals surface area contributed by atoms with Crippen LogP contribution >= 0.6 is 11.6 Å². The van der Waals surface area contributed by atoms with Gasteiger partial charge in [0.1, 0.15) is 0 Å². The molecule has 0 bridgehead atoms. The third-order valence-electron chi connectivity index (χ3n) is 4.77. The molecule has 1 amide bonds. The molecule has 4 atom stereocenters. The smallest absolute Gasteiger partial charge is 0.226 e. The van der Waals surface area contributed by atoms with Crippen LogP contribution in [-0.2, 0) is 4.79 Å². The standard InChI is InChI=1S/C19H26ClNO2/c1-4-6-15-9-12-18(14-7-10-16(20)11-8-14)21(19(15)23)17(5-2)13(3)22/h4,7-8,10-11,13,15,17-18,22H,1,5-6,9,12H2,2-3H3. The molecule has 2 rings (SSSR count). The van der Waals surface area contributed by atoms with Gasteiger partial charge in [0.2, 0.25) is 5.91 Å². The average Bonchev–Trinajstić information content (AvgIpc) is 2.52. The van der Waals surface area contributed by atoms with Crippen LogP contribution in [0.2, 0.25) is 5.02 Å². The van der Waals surface area contributed by atoms with Gasteiger partial charge in [-0.2, -0.15) is 0 Å². The quantitative estimate of drug-likeness (QED) is 0.785. The molecule has 1 aliphatic rings. The third-order valence-corrected chi connectivity index (χ3v) is 5.02. The zero-order chi connectivity index (χ0) is 17.0. The van der Waals surface area contributed by atoms with E-state index in [2.05, 4.69) is 6.58 Å². The molecule has 1 aromatic rings. The SMILES string of the molecule is C=CCC1CCC(c2ccc(Cl)cc2)N(C(CC)C(C)O)C1=O. The first-order chi connectivity index (χ1) is 11.0. The van der Waals surface area contributed by atoms with Crippen LogP contribution < -0.4 is 0 Å². The predicted octanol–water partition coefficient (Wildman–Crippen LogP) is 4.36. The second-order valence-corrected chi connectivity index (χ2v) is 6.76. The maximum absolute atomic E-state index is 13.0.